The summed E-state index contributed by atoms with van der Waals surface area (Å²) in [5.41, 5.74) is 8.80. The van der Waals surface area contributed by atoms with Crippen LogP contribution in [0.3, 0.4) is 0 Å². The lowest BCUT2D eigenvalue weighted by atomic mass is 10.0. The van der Waals surface area contributed by atoms with Crippen molar-refractivity contribution in [1.82, 2.24) is 25.1 Å². The second kappa shape index (κ2) is 10.7. The Balaban J connectivity index is 1.68. The standard InChI is InChI=1S/C24H35N7O2/c1-4-5-9-17-21-18(26-24(25)28-23(21)27-20-14-16(2)29-30-20)15-19(22(17)32-3)33-13-8-12-31-10-6-7-11-31/h14-15H,4-13H2,1-3H3,(H4,25,26,27,28,29,30). The highest BCUT2D eigenvalue weighted by atomic mass is 16.5. The molecule has 178 valence electrons. The molecule has 33 heavy (non-hydrogen) atoms. The van der Waals surface area contributed by atoms with Crippen molar-refractivity contribution < 1.29 is 9.47 Å². The van der Waals surface area contributed by atoms with Crippen molar-refractivity contribution in [3.8, 4) is 11.5 Å². The number of aryl methyl sites for hydroxylation is 2. The number of likely N-dealkylation sites (tertiary alicyclic amines) is 1. The number of aromatic nitrogens is 4. The summed E-state index contributed by atoms with van der Waals surface area (Å²) < 4.78 is 12.1. The van der Waals surface area contributed by atoms with E-state index in [0.717, 1.165) is 60.1 Å². The lowest BCUT2D eigenvalue weighted by Crippen LogP contribution is -2.22. The minimum Gasteiger partial charge on any atom is -0.493 e. The second-order valence-corrected chi connectivity index (χ2v) is 8.63. The van der Waals surface area contributed by atoms with Crippen LogP contribution in [0.2, 0.25) is 0 Å². The number of H-pyrrole nitrogens is 1. The van der Waals surface area contributed by atoms with Crippen molar-refractivity contribution in [1.29, 1.82) is 0 Å². The molecular formula is C24H35N7O2. The summed E-state index contributed by atoms with van der Waals surface area (Å²) in [6, 6.07) is 3.84. The monoisotopic (exact) mass is 453 g/mol. The summed E-state index contributed by atoms with van der Waals surface area (Å²) in [4.78, 5) is 11.5. The molecule has 1 aromatic carbocycles. The molecule has 0 radical (unpaired) electrons. The van der Waals surface area contributed by atoms with E-state index in [1.54, 1.807) is 7.11 Å². The van der Waals surface area contributed by atoms with E-state index in [-0.39, 0.29) is 5.95 Å². The summed E-state index contributed by atoms with van der Waals surface area (Å²) in [5, 5.41) is 11.4. The van der Waals surface area contributed by atoms with Crippen LogP contribution in [0.4, 0.5) is 17.6 Å². The number of benzene rings is 1. The van der Waals surface area contributed by atoms with Gasteiger partial charge in [-0.05, 0) is 52.1 Å². The number of methoxy groups -OCH3 is 1. The van der Waals surface area contributed by atoms with Crippen LogP contribution in [0.5, 0.6) is 11.5 Å². The van der Waals surface area contributed by atoms with Crippen LogP contribution in [-0.4, -0.2) is 58.4 Å². The van der Waals surface area contributed by atoms with Gasteiger partial charge in [0.1, 0.15) is 5.82 Å². The highest BCUT2D eigenvalue weighted by Crippen LogP contribution is 2.41. The third kappa shape index (κ3) is 5.47. The van der Waals surface area contributed by atoms with Crippen molar-refractivity contribution in [2.24, 2.45) is 0 Å². The number of unbranched alkanes of at least 4 members (excludes halogenated alkanes) is 1. The molecule has 9 heteroatoms. The normalized spacial score (nSPS) is 14.2. The Morgan fingerprint density at radius 2 is 2.00 bits per heavy atom. The molecule has 2 aromatic heterocycles. The summed E-state index contributed by atoms with van der Waals surface area (Å²) in [6.45, 7) is 8.21. The molecule has 1 aliphatic heterocycles. The molecule has 0 aliphatic carbocycles. The third-order valence-corrected chi connectivity index (χ3v) is 6.03. The van der Waals surface area contributed by atoms with Crippen LogP contribution < -0.4 is 20.5 Å². The van der Waals surface area contributed by atoms with Gasteiger partial charge in [-0.1, -0.05) is 13.3 Å². The highest BCUT2D eigenvalue weighted by molar-refractivity contribution is 5.97. The van der Waals surface area contributed by atoms with Gasteiger partial charge in [-0.25, -0.2) is 4.98 Å². The van der Waals surface area contributed by atoms with Gasteiger partial charge in [0.15, 0.2) is 17.3 Å². The average molecular weight is 454 g/mol. The number of ether oxygens (including phenoxy) is 2. The quantitative estimate of drug-likeness (QED) is 0.370. The lowest BCUT2D eigenvalue weighted by molar-refractivity contribution is 0.254. The smallest absolute Gasteiger partial charge is 0.222 e. The van der Waals surface area contributed by atoms with Crippen LogP contribution >= 0.6 is 0 Å². The number of hydrogen-bond acceptors (Lipinski definition) is 8. The van der Waals surface area contributed by atoms with Gasteiger partial charge in [-0.3, -0.25) is 5.10 Å². The zero-order chi connectivity index (χ0) is 23.2. The van der Waals surface area contributed by atoms with Crippen LogP contribution in [-0.2, 0) is 6.42 Å². The van der Waals surface area contributed by atoms with Gasteiger partial charge < -0.3 is 25.4 Å². The molecule has 0 unspecified atom stereocenters. The second-order valence-electron chi connectivity index (χ2n) is 8.63. The van der Waals surface area contributed by atoms with E-state index < -0.39 is 0 Å². The van der Waals surface area contributed by atoms with E-state index in [1.807, 2.05) is 19.1 Å². The number of anilines is 3. The van der Waals surface area contributed by atoms with Crippen molar-refractivity contribution in [3.05, 3.63) is 23.4 Å². The third-order valence-electron chi connectivity index (χ3n) is 6.03. The molecular weight excluding hydrogens is 418 g/mol. The van der Waals surface area contributed by atoms with E-state index >= 15 is 0 Å². The highest BCUT2D eigenvalue weighted by Gasteiger charge is 2.21. The molecule has 3 aromatic rings. The first-order chi connectivity index (χ1) is 16.1. The fraction of sp³-hybridized carbons (Fsp3) is 0.542. The maximum atomic E-state index is 6.23. The van der Waals surface area contributed by atoms with Crippen LogP contribution in [0.1, 0.15) is 50.3 Å². The Hall–Kier alpha value is -3.07. The fourth-order valence-corrected chi connectivity index (χ4v) is 4.44. The van der Waals surface area contributed by atoms with Gasteiger partial charge in [0.25, 0.3) is 0 Å². The SMILES string of the molecule is CCCCc1c(OC)c(OCCCN2CCCC2)cc2nc(N)nc(Nc3cc(C)[nH]n3)c12. The first kappa shape index (κ1) is 23.1. The summed E-state index contributed by atoms with van der Waals surface area (Å²) >= 11 is 0. The van der Waals surface area contributed by atoms with E-state index in [4.69, 9.17) is 15.2 Å². The van der Waals surface area contributed by atoms with Gasteiger partial charge >= 0.3 is 0 Å². The Bertz CT molecular complexity index is 1080. The van der Waals surface area contributed by atoms with Gasteiger partial charge in [-0.15, -0.1) is 0 Å². The van der Waals surface area contributed by atoms with Crippen molar-refractivity contribution >= 4 is 28.5 Å². The zero-order valence-corrected chi connectivity index (χ0v) is 19.9. The van der Waals surface area contributed by atoms with E-state index in [0.29, 0.717) is 24.0 Å². The number of nitrogens with zero attached hydrogens (tertiary/aromatic N) is 4. The molecule has 4 N–H and O–H groups in total. The van der Waals surface area contributed by atoms with Crippen LogP contribution in [0, 0.1) is 6.92 Å². The van der Waals surface area contributed by atoms with Crippen LogP contribution in [0.25, 0.3) is 10.9 Å². The van der Waals surface area contributed by atoms with E-state index in [9.17, 15) is 0 Å². The Morgan fingerprint density at radius 3 is 2.70 bits per heavy atom. The van der Waals surface area contributed by atoms with Gasteiger partial charge in [0.05, 0.1) is 24.6 Å². The minimum atomic E-state index is 0.198. The molecule has 0 atom stereocenters. The number of rotatable bonds is 11. The molecule has 3 heterocycles. The molecule has 0 spiro atoms. The molecule has 0 saturated carbocycles. The molecule has 0 bridgehead atoms. The Labute approximate surface area is 195 Å². The van der Waals surface area contributed by atoms with Crippen LogP contribution in [0.15, 0.2) is 12.1 Å². The van der Waals surface area contributed by atoms with Gasteiger partial charge in [-0.2, -0.15) is 10.1 Å². The molecule has 1 saturated heterocycles. The number of nitrogens with one attached hydrogen (secondary N) is 2. The van der Waals surface area contributed by atoms with Gasteiger partial charge in [0.2, 0.25) is 5.95 Å². The molecule has 1 fully saturated rings. The summed E-state index contributed by atoms with van der Waals surface area (Å²) in [6.07, 6.45) is 6.47. The van der Waals surface area contributed by atoms with Crippen molar-refractivity contribution in [2.45, 2.75) is 52.4 Å². The van der Waals surface area contributed by atoms with E-state index in [1.165, 1.54) is 25.9 Å². The average Bonchev–Trinajstić information content (AvgIpc) is 3.46. The zero-order valence-electron chi connectivity index (χ0n) is 19.9. The first-order valence-electron chi connectivity index (χ1n) is 11.9. The lowest BCUT2D eigenvalue weighted by Gasteiger charge is -2.19. The number of fused-ring (bicyclic) bond motifs is 1. The number of nitrogen functional groups attached to an aromatic ring is 1. The molecule has 9 nitrogen and oxygen atoms in total. The predicted octanol–water partition coefficient (Wildman–Crippen LogP) is 4.20. The fourth-order valence-electron chi connectivity index (χ4n) is 4.44. The van der Waals surface area contributed by atoms with Crippen molar-refractivity contribution in [2.75, 3.05) is 44.4 Å². The summed E-state index contributed by atoms with van der Waals surface area (Å²) in [5.74, 6) is 2.94. The Morgan fingerprint density at radius 1 is 1.18 bits per heavy atom. The minimum absolute atomic E-state index is 0.198. The van der Waals surface area contributed by atoms with E-state index in [2.05, 4.69) is 37.3 Å². The maximum Gasteiger partial charge on any atom is 0.222 e. The number of aromatic amines is 1. The molecule has 0 amide bonds. The van der Waals surface area contributed by atoms with Crippen molar-refractivity contribution in [3.63, 3.8) is 0 Å². The topological polar surface area (TPSA) is 114 Å². The number of nitrogens with two attached hydrogens (primary N) is 1. The molecule has 4 rings (SSSR count). The first-order valence-corrected chi connectivity index (χ1v) is 11.9. The maximum absolute atomic E-state index is 6.23. The predicted molar refractivity (Wildman–Crippen MR) is 132 cm³/mol. The molecule has 1 aliphatic rings. The number of hydrogen-bond donors (Lipinski definition) is 3. The van der Waals surface area contributed by atoms with Gasteiger partial charge in [0, 0.05) is 29.9 Å². The largest absolute Gasteiger partial charge is 0.493 e. The summed E-state index contributed by atoms with van der Waals surface area (Å²) in [7, 11) is 1.69. The Kier molecular flexibility index (Phi) is 7.49.